The summed E-state index contributed by atoms with van der Waals surface area (Å²) < 4.78 is 0. The summed E-state index contributed by atoms with van der Waals surface area (Å²) >= 11 is 0. The average molecular weight is 269 g/mol. The van der Waals surface area contributed by atoms with Gasteiger partial charge in [0.2, 0.25) is 0 Å². The molecule has 1 heterocycles. The maximum atomic E-state index is 3.57. The Morgan fingerprint density at radius 3 is 2.00 bits per heavy atom. The van der Waals surface area contributed by atoms with Crippen molar-refractivity contribution in [3.63, 3.8) is 0 Å². The van der Waals surface area contributed by atoms with Gasteiger partial charge < -0.3 is 10.2 Å². The van der Waals surface area contributed by atoms with Gasteiger partial charge in [-0.1, -0.05) is 20.8 Å². The lowest BCUT2D eigenvalue weighted by atomic mass is 10.0. The third kappa shape index (κ3) is 6.73. The van der Waals surface area contributed by atoms with E-state index in [1.165, 1.54) is 32.7 Å². The fourth-order valence-corrected chi connectivity index (χ4v) is 2.72. The summed E-state index contributed by atoms with van der Waals surface area (Å²) in [4.78, 5) is 5.23. The molecule has 0 saturated carbocycles. The highest BCUT2D eigenvalue weighted by Crippen LogP contribution is 2.16. The van der Waals surface area contributed by atoms with E-state index in [4.69, 9.17) is 0 Å². The summed E-state index contributed by atoms with van der Waals surface area (Å²) in [6, 6.07) is 0. The van der Waals surface area contributed by atoms with E-state index in [0.717, 1.165) is 24.9 Å². The fraction of sp³-hybridized carbons (Fsp3) is 1.00. The highest BCUT2D eigenvalue weighted by molar-refractivity contribution is 4.82. The summed E-state index contributed by atoms with van der Waals surface area (Å²) in [5.41, 5.74) is 0.330. The monoisotopic (exact) mass is 269 g/mol. The zero-order valence-corrected chi connectivity index (χ0v) is 14.0. The van der Waals surface area contributed by atoms with Gasteiger partial charge in [0.25, 0.3) is 0 Å². The van der Waals surface area contributed by atoms with Crippen LogP contribution in [0.5, 0.6) is 0 Å². The number of nitrogens with zero attached hydrogens (tertiary/aromatic N) is 2. The Hall–Kier alpha value is -0.120. The first-order valence-corrected chi connectivity index (χ1v) is 7.97. The van der Waals surface area contributed by atoms with Gasteiger partial charge in [-0.2, -0.15) is 0 Å². The molecule has 0 spiro atoms. The van der Waals surface area contributed by atoms with Crippen LogP contribution in [-0.2, 0) is 0 Å². The van der Waals surface area contributed by atoms with Crippen molar-refractivity contribution in [3.8, 4) is 0 Å². The summed E-state index contributed by atoms with van der Waals surface area (Å²) in [5, 5.41) is 3.57. The molecular formula is C16H35N3. The fourth-order valence-electron chi connectivity index (χ4n) is 2.72. The van der Waals surface area contributed by atoms with Crippen molar-refractivity contribution in [2.45, 2.75) is 47.1 Å². The zero-order valence-electron chi connectivity index (χ0n) is 14.0. The lowest BCUT2D eigenvalue weighted by Crippen LogP contribution is -2.54. The Morgan fingerprint density at radius 1 is 0.947 bits per heavy atom. The number of piperazine rings is 1. The molecule has 0 aromatic heterocycles. The van der Waals surface area contributed by atoms with Gasteiger partial charge in [0.05, 0.1) is 0 Å². The van der Waals surface area contributed by atoms with Gasteiger partial charge in [0.1, 0.15) is 0 Å². The van der Waals surface area contributed by atoms with Crippen LogP contribution in [0.15, 0.2) is 0 Å². The molecule has 1 saturated heterocycles. The molecule has 1 aliphatic rings. The molecule has 1 rings (SSSR count). The molecule has 19 heavy (non-hydrogen) atoms. The topological polar surface area (TPSA) is 18.5 Å². The smallest absolute Gasteiger partial charge is 0.0126 e. The maximum absolute atomic E-state index is 3.57. The lowest BCUT2D eigenvalue weighted by Gasteiger charge is -2.42. The Bertz CT molecular complexity index is 237. The molecule has 1 unspecified atom stereocenters. The first-order valence-electron chi connectivity index (χ1n) is 7.97. The van der Waals surface area contributed by atoms with Crippen LogP contribution in [0.2, 0.25) is 0 Å². The molecule has 0 aromatic carbocycles. The van der Waals surface area contributed by atoms with Gasteiger partial charge in [-0.25, -0.2) is 0 Å². The number of hydrogen-bond acceptors (Lipinski definition) is 3. The average Bonchev–Trinajstić information content (AvgIpc) is 2.27. The third-order valence-electron chi connectivity index (χ3n) is 3.94. The molecule has 1 fully saturated rings. The highest BCUT2D eigenvalue weighted by atomic mass is 15.3. The third-order valence-corrected chi connectivity index (χ3v) is 3.94. The van der Waals surface area contributed by atoms with Gasteiger partial charge in [-0.05, 0) is 45.7 Å². The molecule has 3 heteroatoms. The molecule has 0 radical (unpaired) electrons. The van der Waals surface area contributed by atoms with Gasteiger partial charge in [0.15, 0.2) is 0 Å². The second kappa shape index (κ2) is 7.61. The van der Waals surface area contributed by atoms with E-state index < -0.39 is 0 Å². The second-order valence-electron chi connectivity index (χ2n) is 7.62. The number of rotatable bonds is 6. The van der Waals surface area contributed by atoms with Crippen LogP contribution in [0.1, 0.15) is 41.5 Å². The highest BCUT2D eigenvalue weighted by Gasteiger charge is 2.26. The predicted molar refractivity (Wildman–Crippen MR) is 84.6 cm³/mol. The van der Waals surface area contributed by atoms with Crippen molar-refractivity contribution in [2.24, 2.45) is 11.8 Å². The van der Waals surface area contributed by atoms with Crippen molar-refractivity contribution < 1.29 is 0 Å². The van der Waals surface area contributed by atoms with E-state index in [1.807, 2.05) is 0 Å². The minimum atomic E-state index is 0.330. The van der Waals surface area contributed by atoms with Crippen molar-refractivity contribution in [3.05, 3.63) is 0 Å². The molecule has 1 atom stereocenters. The Balaban J connectivity index is 2.18. The van der Waals surface area contributed by atoms with Crippen LogP contribution in [0.3, 0.4) is 0 Å². The SMILES string of the molecule is CC(C)CNCC(C)CN1CCN(C(C)(C)C)CC1. The minimum absolute atomic E-state index is 0.330. The molecule has 0 amide bonds. The van der Waals surface area contributed by atoms with Gasteiger partial charge in [0, 0.05) is 38.3 Å². The van der Waals surface area contributed by atoms with Crippen LogP contribution in [0, 0.1) is 11.8 Å². The molecule has 1 aliphatic heterocycles. The molecule has 0 bridgehead atoms. The maximum Gasteiger partial charge on any atom is 0.0126 e. The lowest BCUT2D eigenvalue weighted by molar-refractivity contribution is 0.0564. The molecule has 3 nitrogen and oxygen atoms in total. The second-order valence-corrected chi connectivity index (χ2v) is 7.62. The Morgan fingerprint density at radius 2 is 1.53 bits per heavy atom. The molecular weight excluding hydrogens is 234 g/mol. The summed E-state index contributed by atoms with van der Waals surface area (Å²) in [6.07, 6.45) is 0. The van der Waals surface area contributed by atoms with E-state index in [2.05, 4.69) is 56.7 Å². The summed E-state index contributed by atoms with van der Waals surface area (Å²) in [7, 11) is 0. The minimum Gasteiger partial charge on any atom is -0.316 e. The number of nitrogens with one attached hydrogen (secondary N) is 1. The van der Waals surface area contributed by atoms with E-state index >= 15 is 0 Å². The van der Waals surface area contributed by atoms with Crippen LogP contribution in [-0.4, -0.2) is 61.2 Å². The molecule has 0 aromatic rings. The first kappa shape index (κ1) is 16.9. The standard InChI is InChI=1S/C16H35N3/c1-14(2)11-17-12-15(3)13-18-7-9-19(10-8-18)16(4,5)6/h14-15,17H,7-13H2,1-6H3. The zero-order chi connectivity index (χ0) is 14.5. The summed E-state index contributed by atoms with van der Waals surface area (Å²) in [5.74, 6) is 1.50. The van der Waals surface area contributed by atoms with Crippen LogP contribution < -0.4 is 5.32 Å². The van der Waals surface area contributed by atoms with Crippen molar-refractivity contribution in [1.82, 2.24) is 15.1 Å². The van der Waals surface area contributed by atoms with Crippen LogP contribution in [0.25, 0.3) is 0 Å². The first-order chi connectivity index (χ1) is 8.79. The van der Waals surface area contributed by atoms with Gasteiger partial charge >= 0.3 is 0 Å². The van der Waals surface area contributed by atoms with E-state index in [-0.39, 0.29) is 0 Å². The largest absolute Gasteiger partial charge is 0.316 e. The van der Waals surface area contributed by atoms with Crippen molar-refractivity contribution >= 4 is 0 Å². The van der Waals surface area contributed by atoms with Crippen molar-refractivity contribution in [1.29, 1.82) is 0 Å². The molecule has 1 N–H and O–H groups in total. The predicted octanol–water partition coefficient (Wildman–Crippen LogP) is 2.28. The van der Waals surface area contributed by atoms with E-state index in [9.17, 15) is 0 Å². The van der Waals surface area contributed by atoms with E-state index in [0.29, 0.717) is 5.54 Å². The van der Waals surface area contributed by atoms with Crippen molar-refractivity contribution in [2.75, 3.05) is 45.8 Å². The quantitative estimate of drug-likeness (QED) is 0.798. The Kier molecular flexibility index (Phi) is 6.78. The van der Waals surface area contributed by atoms with Gasteiger partial charge in [-0.3, -0.25) is 4.90 Å². The Labute approximate surface area is 120 Å². The summed E-state index contributed by atoms with van der Waals surface area (Å²) in [6.45, 7) is 22.3. The number of hydrogen-bond donors (Lipinski definition) is 1. The van der Waals surface area contributed by atoms with E-state index in [1.54, 1.807) is 0 Å². The molecule has 114 valence electrons. The van der Waals surface area contributed by atoms with Crippen LogP contribution in [0.4, 0.5) is 0 Å². The van der Waals surface area contributed by atoms with Crippen LogP contribution >= 0.6 is 0 Å². The van der Waals surface area contributed by atoms with Gasteiger partial charge in [-0.15, -0.1) is 0 Å². The molecule has 0 aliphatic carbocycles. The normalized spacial score (nSPS) is 21.0.